The van der Waals surface area contributed by atoms with E-state index in [1.165, 1.54) is 17.0 Å². The summed E-state index contributed by atoms with van der Waals surface area (Å²) in [6.45, 7) is 2.07. The fraction of sp³-hybridized carbons (Fsp3) is 0.250. The molecule has 6 nitrogen and oxygen atoms in total. The number of carbonyl (C=O) groups excluding carboxylic acids is 1. The van der Waals surface area contributed by atoms with Gasteiger partial charge in [0.15, 0.2) is 16.4 Å². The number of sulfone groups is 1. The molecule has 154 valence electrons. The van der Waals surface area contributed by atoms with Crippen molar-refractivity contribution in [2.75, 3.05) is 23.9 Å². The van der Waals surface area contributed by atoms with Crippen LogP contribution in [0.25, 0.3) is 0 Å². The lowest BCUT2D eigenvalue weighted by molar-refractivity contribution is -0.120. The Balaban J connectivity index is 1.82. The molecular weight excluding hydrogens is 437 g/mol. The molecule has 1 unspecified atom stereocenters. The van der Waals surface area contributed by atoms with Gasteiger partial charge in [0.05, 0.1) is 23.4 Å². The van der Waals surface area contributed by atoms with Crippen LogP contribution in [0.3, 0.4) is 0 Å². The van der Waals surface area contributed by atoms with Gasteiger partial charge in [0.25, 0.3) is 5.91 Å². The molecule has 0 spiro atoms. The fourth-order valence-corrected chi connectivity index (χ4v) is 4.64. The highest BCUT2D eigenvalue weighted by molar-refractivity contribution is 7.94. The maximum absolute atomic E-state index is 13.0. The Bertz CT molecular complexity index is 1020. The lowest BCUT2D eigenvalue weighted by Gasteiger charge is -2.28. The van der Waals surface area contributed by atoms with Crippen molar-refractivity contribution in [3.05, 3.63) is 64.0 Å². The second-order valence-electron chi connectivity index (χ2n) is 6.28. The number of ether oxygens (including phenoxy) is 2. The van der Waals surface area contributed by atoms with Crippen LogP contribution < -0.4 is 14.4 Å². The molecule has 9 heteroatoms. The van der Waals surface area contributed by atoms with Crippen molar-refractivity contribution in [2.45, 2.75) is 13.0 Å². The van der Waals surface area contributed by atoms with Crippen molar-refractivity contribution in [3.8, 4) is 11.5 Å². The van der Waals surface area contributed by atoms with E-state index in [0.29, 0.717) is 28.8 Å². The Morgan fingerprint density at radius 3 is 2.45 bits per heavy atom. The van der Waals surface area contributed by atoms with Crippen molar-refractivity contribution in [1.82, 2.24) is 0 Å². The van der Waals surface area contributed by atoms with Crippen LogP contribution >= 0.6 is 23.2 Å². The predicted molar refractivity (Wildman–Crippen MR) is 114 cm³/mol. The molecule has 1 heterocycles. The summed E-state index contributed by atoms with van der Waals surface area (Å²) in [4.78, 5) is 14.4. The van der Waals surface area contributed by atoms with Crippen LogP contribution in [-0.2, 0) is 14.6 Å². The van der Waals surface area contributed by atoms with Crippen LogP contribution in [0.1, 0.15) is 6.92 Å². The van der Waals surface area contributed by atoms with E-state index in [9.17, 15) is 13.2 Å². The zero-order chi connectivity index (χ0) is 21.0. The van der Waals surface area contributed by atoms with Crippen molar-refractivity contribution >= 4 is 44.6 Å². The van der Waals surface area contributed by atoms with Gasteiger partial charge in [0.2, 0.25) is 0 Å². The Morgan fingerprint density at radius 1 is 1.14 bits per heavy atom. The highest BCUT2D eigenvalue weighted by Gasteiger charge is 2.31. The van der Waals surface area contributed by atoms with Gasteiger partial charge in [0, 0.05) is 16.1 Å². The smallest absolute Gasteiger partial charge is 0.265 e. The molecule has 0 saturated heterocycles. The first-order valence-electron chi connectivity index (χ1n) is 8.83. The van der Waals surface area contributed by atoms with E-state index in [1.807, 2.05) is 6.92 Å². The maximum atomic E-state index is 13.0. The van der Waals surface area contributed by atoms with Crippen molar-refractivity contribution in [3.63, 3.8) is 0 Å². The zero-order valence-corrected chi connectivity index (χ0v) is 17.9. The van der Waals surface area contributed by atoms with Crippen molar-refractivity contribution in [1.29, 1.82) is 0 Å². The van der Waals surface area contributed by atoms with Gasteiger partial charge in [-0.25, -0.2) is 8.42 Å². The van der Waals surface area contributed by atoms with E-state index in [0.717, 1.165) is 5.41 Å². The summed E-state index contributed by atoms with van der Waals surface area (Å²) in [6, 6.07) is 10.9. The topological polar surface area (TPSA) is 72.9 Å². The highest BCUT2D eigenvalue weighted by atomic mass is 35.5. The first-order valence-corrected chi connectivity index (χ1v) is 11.3. The molecule has 1 aliphatic heterocycles. The van der Waals surface area contributed by atoms with Gasteiger partial charge in [-0.2, -0.15) is 0 Å². The quantitative estimate of drug-likeness (QED) is 0.627. The summed E-state index contributed by atoms with van der Waals surface area (Å²) in [5, 5.41) is 1.86. The van der Waals surface area contributed by atoms with Gasteiger partial charge in [-0.15, -0.1) is 0 Å². The molecule has 2 aromatic rings. The number of anilines is 1. The molecule has 1 atom stereocenters. The van der Waals surface area contributed by atoms with Crippen molar-refractivity contribution in [2.24, 2.45) is 0 Å². The molecule has 0 bridgehead atoms. The molecule has 0 aromatic heterocycles. The van der Waals surface area contributed by atoms with Gasteiger partial charge in [-0.05, 0) is 55.5 Å². The SMILES string of the molecule is CCOc1ccc(N(C(=O)COc2ccc(Cl)cc2Cl)C2C=CS(=O)(=O)C2)cc1. The third kappa shape index (κ3) is 5.44. The van der Waals surface area contributed by atoms with E-state index in [2.05, 4.69) is 0 Å². The van der Waals surface area contributed by atoms with Crippen LogP contribution in [-0.4, -0.2) is 39.3 Å². The summed E-state index contributed by atoms with van der Waals surface area (Å²) < 4.78 is 34.8. The summed E-state index contributed by atoms with van der Waals surface area (Å²) in [6.07, 6.45) is 1.50. The normalized spacial score (nSPS) is 17.1. The zero-order valence-electron chi connectivity index (χ0n) is 15.5. The van der Waals surface area contributed by atoms with Crippen LogP contribution in [0.2, 0.25) is 10.0 Å². The first kappa shape index (κ1) is 21.5. The number of amides is 1. The van der Waals surface area contributed by atoms with Crippen LogP contribution in [0, 0.1) is 0 Å². The summed E-state index contributed by atoms with van der Waals surface area (Å²) >= 11 is 12.0. The molecule has 29 heavy (non-hydrogen) atoms. The minimum Gasteiger partial charge on any atom is -0.494 e. The molecular formula is C20H19Cl2NO5S. The molecule has 0 fully saturated rings. The van der Waals surface area contributed by atoms with Gasteiger partial charge >= 0.3 is 0 Å². The van der Waals surface area contributed by atoms with Gasteiger partial charge in [-0.1, -0.05) is 23.2 Å². The minimum atomic E-state index is -3.35. The Morgan fingerprint density at radius 2 is 1.86 bits per heavy atom. The third-order valence-electron chi connectivity index (χ3n) is 4.18. The Labute approximate surface area is 179 Å². The van der Waals surface area contributed by atoms with E-state index in [1.54, 1.807) is 36.4 Å². The van der Waals surface area contributed by atoms with Crippen LogP contribution in [0.5, 0.6) is 11.5 Å². The minimum absolute atomic E-state index is 0.187. The highest BCUT2D eigenvalue weighted by Crippen LogP contribution is 2.29. The lowest BCUT2D eigenvalue weighted by atomic mass is 10.2. The van der Waals surface area contributed by atoms with Gasteiger partial charge in [-0.3, -0.25) is 4.79 Å². The van der Waals surface area contributed by atoms with E-state index in [4.69, 9.17) is 32.7 Å². The average Bonchev–Trinajstić information content (AvgIpc) is 3.02. The Kier molecular flexibility index (Phi) is 6.72. The number of hydrogen-bond donors (Lipinski definition) is 0. The monoisotopic (exact) mass is 455 g/mol. The molecule has 1 amide bonds. The molecule has 3 rings (SSSR count). The Hall–Kier alpha value is -2.22. The molecule has 0 aliphatic carbocycles. The molecule has 0 N–H and O–H groups in total. The van der Waals surface area contributed by atoms with E-state index < -0.39 is 21.8 Å². The number of halogens is 2. The first-order chi connectivity index (χ1) is 13.8. The predicted octanol–water partition coefficient (Wildman–Crippen LogP) is 4.11. The molecule has 0 radical (unpaired) electrons. The molecule has 2 aromatic carbocycles. The number of rotatable bonds is 7. The van der Waals surface area contributed by atoms with E-state index in [-0.39, 0.29) is 17.4 Å². The van der Waals surface area contributed by atoms with E-state index >= 15 is 0 Å². The second kappa shape index (κ2) is 9.07. The molecule has 0 saturated carbocycles. The van der Waals surface area contributed by atoms with Gasteiger partial charge < -0.3 is 14.4 Å². The number of nitrogens with zero attached hydrogens (tertiary/aromatic N) is 1. The average molecular weight is 456 g/mol. The van der Waals surface area contributed by atoms with Gasteiger partial charge in [0.1, 0.15) is 11.5 Å². The number of hydrogen-bond acceptors (Lipinski definition) is 5. The molecule has 1 aliphatic rings. The summed E-state index contributed by atoms with van der Waals surface area (Å²) in [7, 11) is -3.35. The third-order valence-corrected chi connectivity index (χ3v) is 6.09. The number of benzene rings is 2. The number of carbonyl (C=O) groups is 1. The lowest BCUT2D eigenvalue weighted by Crippen LogP contribution is -2.43. The summed E-state index contributed by atoms with van der Waals surface area (Å²) in [5.41, 5.74) is 0.538. The fourth-order valence-electron chi connectivity index (χ4n) is 2.91. The van der Waals surface area contributed by atoms with Crippen LogP contribution in [0.15, 0.2) is 53.9 Å². The second-order valence-corrected chi connectivity index (χ2v) is 9.05. The maximum Gasteiger partial charge on any atom is 0.265 e. The van der Waals surface area contributed by atoms with Crippen molar-refractivity contribution < 1.29 is 22.7 Å². The standard InChI is InChI=1S/C20H19Cl2NO5S/c1-2-27-17-6-4-15(5-7-17)23(16-9-10-29(25,26)13-16)20(24)12-28-19-8-3-14(21)11-18(19)22/h3-11,16H,2,12-13H2,1H3. The largest absolute Gasteiger partial charge is 0.494 e. The van der Waals surface area contributed by atoms with Crippen LogP contribution in [0.4, 0.5) is 5.69 Å². The summed E-state index contributed by atoms with van der Waals surface area (Å²) in [5.74, 6) is 0.369.